The summed E-state index contributed by atoms with van der Waals surface area (Å²) < 4.78 is 0. The zero-order chi connectivity index (χ0) is 21.2. The molecule has 11 heteroatoms. The van der Waals surface area contributed by atoms with Gasteiger partial charge in [-0.25, -0.2) is 4.79 Å². The summed E-state index contributed by atoms with van der Waals surface area (Å²) in [7, 11) is 1.43. The van der Waals surface area contributed by atoms with Crippen molar-refractivity contribution in [1.29, 1.82) is 0 Å². The van der Waals surface area contributed by atoms with Crippen molar-refractivity contribution in [2.24, 2.45) is 11.7 Å². The van der Waals surface area contributed by atoms with Gasteiger partial charge in [0.15, 0.2) is 0 Å². The molecule has 0 radical (unpaired) electrons. The second kappa shape index (κ2) is 8.57. The Morgan fingerprint density at radius 3 is 2.46 bits per heavy atom. The average Bonchev–Trinajstić information content (AvgIpc) is 2.90. The van der Waals surface area contributed by atoms with E-state index in [4.69, 9.17) is 28.9 Å². The van der Waals surface area contributed by atoms with Crippen LogP contribution in [-0.2, 0) is 30.5 Å². The third-order valence-electron chi connectivity index (χ3n) is 4.30. The molecule has 150 valence electrons. The Hall–Kier alpha value is -2.65. The zero-order valence-corrected chi connectivity index (χ0v) is 16.2. The fourth-order valence-corrected chi connectivity index (χ4v) is 3.21. The third kappa shape index (κ3) is 4.60. The van der Waals surface area contributed by atoms with Gasteiger partial charge in [0, 0.05) is 20.1 Å². The molecule has 0 aliphatic carbocycles. The van der Waals surface area contributed by atoms with Crippen LogP contribution in [0, 0.1) is 5.92 Å². The molecule has 2 atom stereocenters. The zero-order valence-electron chi connectivity index (χ0n) is 14.7. The lowest BCUT2D eigenvalue weighted by atomic mass is 10.1. The number of Topliss-reactive ketones (excluding diaryl/α,β-unsaturated/α-hetero) is 1. The van der Waals surface area contributed by atoms with Gasteiger partial charge in [-0.3, -0.25) is 19.2 Å². The maximum atomic E-state index is 12.6. The molecular formula is C17H17Cl2N3O6. The number of benzene rings is 1. The number of hydrogen-bond acceptors (Lipinski definition) is 5. The predicted molar refractivity (Wildman–Crippen MR) is 98.4 cm³/mol. The van der Waals surface area contributed by atoms with Gasteiger partial charge in [0.1, 0.15) is 12.0 Å². The summed E-state index contributed by atoms with van der Waals surface area (Å²) in [6.07, 6.45) is -0.658. The number of hydrogen-bond donors (Lipinski definition) is 2. The number of halogens is 2. The molecule has 0 spiro atoms. The van der Waals surface area contributed by atoms with Crippen molar-refractivity contribution in [1.82, 2.24) is 9.80 Å². The van der Waals surface area contributed by atoms with Gasteiger partial charge in [-0.05, 0) is 17.7 Å². The number of carbonyl (C=O) groups excluding carboxylic acids is 4. The fraction of sp³-hybridized carbons (Fsp3) is 0.353. The monoisotopic (exact) mass is 429 g/mol. The minimum absolute atomic E-state index is 0.0946. The minimum Gasteiger partial charge on any atom is -0.480 e. The van der Waals surface area contributed by atoms with Gasteiger partial charge >= 0.3 is 5.97 Å². The Morgan fingerprint density at radius 2 is 1.93 bits per heavy atom. The number of primary amides is 1. The number of ketones is 1. The Kier molecular flexibility index (Phi) is 6.63. The highest BCUT2D eigenvalue weighted by Gasteiger charge is 2.48. The van der Waals surface area contributed by atoms with Crippen molar-refractivity contribution in [3.63, 3.8) is 0 Å². The van der Waals surface area contributed by atoms with Crippen molar-refractivity contribution in [3.8, 4) is 0 Å². The molecule has 1 aromatic rings. The van der Waals surface area contributed by atoms with E-state index < -0.39 is 54.4 Å². The molecule has 0 aromatic heterocycles. The first-order chi connectivity index (χ1) is 13.0. The first kappa shape index (κ1) is 21.6. The van der Waals surface area contributed by atoms with Gasteiger partial charge < -0.3 is 20.6 Å². The molecule has 1 fully saturated rings. The van der Waals surface area contributed by atoms with Gasteiger partial charge in [-0.2, -0.15) is 0 Å². The van der Waals surface area contributed by atoms with Crippen LogP contribution >= 0.6 is 23.2 Å². The normalized spacial score (nSPS) is 17.5. The minimum atomic E-state index is -1.60. The topological polar surface area (TPSA) is 138 Å². The van der Waals surface area contributed by atoms with E-state index in [9.17, 15) is 29.1 Å². The number of carboxylic acids is 1. The van der Waals surface area contributed by atoms with Crippen molar-refractivity contribution >= 4 is 52.7 Å². The summed E-state index contributed by atoms with van der Waals surface area (Å²) >= 11 is 11.8. The summed E-state index contributed by atoms with van der Waals surface area (Å²) in [6.45, 7) is -0.343. The first-order valence-electron chi connectivity index (χ1n) is 8.07. The molecule has 1 aliphatic rings. The SMILES string of the molecule is CN(Cc1ccc(Cl)c(Cl)c1)C(=O)C1CN(C(CC(N)=O)C(=O)O)C(=O)C1=O. The van der Waals surface area contributed by atoms with Crippen LogP contribution in [0.25, 0.3) is 0 Å². The number of rotatable bonds is 7. The molecule has 0 saturated carbocycles. The van der Waals surface area contributed by atoms with Gasteiger partial charge in [-0.15, -0.1) is 0 Å². The number of likely N-dealkylation sites (tertiary alicyclic amines) is 1. The number of carbonyl (C=O) groups is 5. The molecule has 1 aliphatic heterocycles. The van der Waals surface area contributed by atoms with Gasteiger partial charge in [0.05, 0.1) is 16.5 Å². The van der Waals surface area contributed by atoms with Crippen molar-refractivity contribution < 1.29 is 29.1 Å². The van der Waals surface area contributed by atoms with Crippen molar-refractivity contribution in [3.05, 3.63) is 33.8 Å². The van der Waals surface area contributed by atoms with Gasteiger partial charge in [-0.1, -0.05) is 29.3 Å². The van der Waals surface area contributed by atoms with Crippen LogP contribution < -0.4 is 5.73 Å². The van der Waals surface area contributed by atoms with E-state index in [1.54, 1.807) is 18.2 Å². The summed E-state index contributed by atoms with van der Waals surface area (Å²) in [6, 6.07) is 3.17. The highest BCUT2D eigenvalue weighted by atomic mass is 35.5. The molecular weight excluding hydrogens is 413 g/mol. The molecule has 0 bridgehead atoms. The van der Waals surface area contributed by atoms with E-state index in [0.717, 1.165) is 0 Å². The lowest BCUT2D eigenvalue weighted by molar-refractivity contribution is -0.151. The van der Waals surface area contributed by atoms with E-state index >= 15 is 0 Å². The summed E-state index contributed by atoms with van der Waals surface area (Å²) in [5.41, 5.74) is 5.66. The standard InChI is InChI=1S/C17H17Cl2N3O6/c1-21(6-8-2-3-10(18)11(19)4-8)15(25)9-7-22(16(26)14(9)24)12(17(27)28)5-13(20)23/h2-4,9,12H,5-7H2,1H3,(H2,20,23)(H,27,28). The molecule has 1 aromatic carbocycles. The van der Waals surface area contributed by atoms with Crippen molar-refractivity contribution in [2.75, 3.05) is 13.6 Å². The molecule has 9 nitrogen and oxygen atoms in total. The van der Waals surface area contributed by atoms with E-state index in [2.05, 4.69) is 0 Å². The van der Waals surface area contributed by atoms with E-state index in [1.165, 1.54) is 11.9 Å². The van der Waals surface area contributed by atoms with Crippen LogP contribution in [0.3, 0.4) is 0 Å². The maximum absolute atomic E-state index is 12.6. The predicted octanol–water partition coefficient (Wildman–Crippen LogP) is 0.308. The maximum Gasteiger partial charge on any atom is 0.326 e. The highest BCUT2D eigenvalue weighted by molar-refractivity contribution is 6.43. The number of amides is 3. The number of aliphatic carboxylic acids is 1. The van der Waals surface area contributed by atoms with Crippen LogP contribution in [0.1, 0.15) is 12.0 Å². The Labute approximate surface area is 170 Å². The molecule has 2 unspecified atom stereocenters. The van der Waals surface area contributed by atoms with E-state index in [-0.39, 0.29) is 6.54 Å². The quantitative estimate of drug-likeness (QED) is 0.472. The van der Waals surface area contributed by atoms with Gasteiger partial charge in [0.2, 0.25) is 17.6 Å². The fourth-order valence-electron chi connectivity index (χ4n) is 2.89. The lowest BCUT2D eigenvalue weighted by Gasteiger charge is -2.24. The Morgan fingerprint density at radius 1 is 1.29 bits per heavy atom. The Bertz CT molecular complexity index is 859. The molecule has 3 N–H and O–H groups in total. The molecule has 28 heavy (non-hydrogen) atoms. The van der Waals surface area contributed by atoms with Crippen LogP contribution in [0.4, 0.5) is 0 Å². The number of carboxylic acid groups (broad SMARTS) is 1. The smallest absolute Gasteiger partial charge is 0.326 e. The van der Waals surface area contributed by atoms with E-state index in [1.807, 2.05) is 0 Å². The number of nitrogens with two attached hydrogens (primary N) is 1. The second-order valence-electron chi connectivity index (χ2n) is 6.34. The van der Waals surface area contributed by atoms with Crippen LogP contribution in [0.15, 0.2) is 18.2 Å². The summed E-state index contributed by atoms with van der Waals surface area (Å²) in [5, 5.41) is 9.88. The van der Waals surface area contributed by atoms with Crippen LogP contribution in [0.5, 0.6) is 0 Å². The van der Waals surface area contributed by atoms with Crippen LogP contribution in [0.2, 0.25) is 10.0 Å². The summed E-state index contributed by atoms with van der Waals surface area (Å²) in [5.74, 6) is -6.61. The van der Waals surface area contributed by atoms with E-state index in [0.29, 0.717) is 20.5 Å². The third-order valence-corrected chi connectivity index (χ3v) is 5.04. The molecule has 2 rings (SSSR count). The largest absolute Gasteiger partial charge is 0.480 e. The first-order valence-corrected chi connectivity index (χ1v) is 8.83. The second-order valence-corrected chi connectivity index (χ2v) is 7.16. The van der Waals surface area contributed by atoms with Crippen molar-refractivity contribution in [2.45, 2.75) is 19.0 Å². The average molecular weight is 430 g/mol. The highest BCUT2D eigenvalue weighted by Crippen LogP contribution is 2.25. The molecule has 3 amide bonds. The molecule has 1 heterocycles. The number of nitrogens with zero attached hydrogens (tertiary/aromatic N) is 2. The molecule has 1 saturated heterocycles. The van der Waals surface area contributed by atoms with Crippen LogP contribution in [-0.4, -0.2) is 64.0 Å². The lowest BCUT2D eigenvalue weighted by Crippen LogP contribution is -2.45. The Balaban J connectivity index is 2.15. The summed E-state index contributed by atoms with van der Waals surface area (Å²) in [4.78, 5) is 61.4. The van der Waals surface area contributed by atoms with Gasteiger partial charge in [0.25, 0.3) is 5.91 Å².